The molecule has 1 fully saturated rings. The van der Waals surface area contributed by atoms with E-state index in [-0.39, 0.29) is 0 Å². The summed E-state index contributed by atoms with van der Waals surface area (Å²) in [5, 5.41) is 0. The van der Waals surface area contributed by atoms with Gasteiger partial charge in [-0.05, 0) is 33.1 Å². The van der Waals surface area contributed by atoms with E-state index in [4.69, 9.17) is 0 Å². The third kappa shape index (κ3) is 1.44. The molecule has 0 radical (unpaired) electrons. The molecule has 0 unspecified atom stereocenters. The summed E-state index contributed by atoms with van der Waals surface area (Å²) in [6.45, 7) is 8.33. The molecule has 0 N–H and O–H groups in total. The van der Waals surface area contributed by atoms with Crippen LogP contribution in [-0.2, 0) is 0 Å². The van der Waals surface area contributed by atoms with Crippen molar-refractivity contribution in [3.63, 3.8) is 0 Å². The molecule has 0 aromatic rings. The fourth-order valence-corrected chi connectivity index (χ4v) is 1.23. The highest BCUT2D eigenvalue weighted by Gasteiger charge is 2.10. The summed E-state index contributed by atoms with van der Waals surface area (Å²) < 4.78 is 0. The maximum atomic E-state index is 3.95. The van der Waals surface area contributed by atoms with Gasteiger partial charge in [0.2, 0.25) is 0 Å². The van der Waals surface area contributed by atoms with Gasteiger partial charge in [0, 0.05) is 0 Å². The Morgan fingerprint density at radius 3 is 2.22 bits per heavy atom. The highest BCUT2D eigenvalue weighted by atomic mass is 14.2. The van der Waals surface area contributed by atoms with E-state index in [1.54, 1.807) is 5.57 Å². The molecule has 0 saturated heterocycles. The van der Waals surface area contributed by atoms with E-state index < -0.39 is 0 Å². The van der Waals surface area contributed by atoms with Gasteiger partial charge in [0.15, 0.2) is 0 Å². The summed E-state index contributed by atoms with van der Waals surface area (Å²) in [5.74, 6) is 0. The van der Waals surface area contributed by atoms with Crippen LogP contribution in [0.4, 0.5) is 0 Å². The lowest BCUT2D eigenvalue weighted by Gasteiger charge is -1.95. The maximum absolute atomic E-state index is 3.95. The molecule has 0 heterocycles. The summed E-state index contributed by atoms with van der Waals surface area (Å²) in [6.07, 6.45) is 3.66. The number of hydrogen-bond acceptors (Lipinski definition) is 0. The molecule has 0 bridgehead atoms. The number of rotatable bonds is 0. The molecule has 1 aliphatic carbocycles. The zero-order valence-corrected chi connectivity index (χ0v) is 6.33. The Kier molecular flexibility index (Phi) is 1.75. The van der Waals surface area contributed by atoms with Crippen molar-refractivity contribution in [1.82, 2.24) is 0 Å². The Hall–Kier alpha value is -0.520. The second-order valence-corrected chi connectivity index (χ2v) is 3.03. The van der Waals surface area contributed by atoms with Gasteiger partial charge in [-0.3, -0.25) is 0 Å². The van der Waals surface area contributed by atoms with Crippen LogP contribution in [0, 0.1) is 0 Å². The lowest BCUT2D eigenvalue weighted by Crippen LogP contribution is -1.75. The second kappa shape index (κ2) is 2.38. The van der Waals surface area contributed by atoms with E-state index in [1.165, 1.54) is 30.4 Å². The van der Waals surface area contributed by atoms with Crippen LogP contribution < -0.4 is 0 Å². The van der Waals surface area contributed by atoms with Crippen molar-refractivity contribution in [1.29, 1.82) is 0 Å². The van der Waals surface area contributed by atoms with Gasteiger partial charge in [-0.1, -0.05) is 23.3 Å². The zero-order chi connectivity index (χ0) is 6.85. The lowest BCUT2D eigenvalue weighted by molar-refractivity contribution is 1.03. The fraction of sp³-hybridized carbons (Fsp3) is 0.556. The van der Waals surface area contributed by atoms with E-state index in [9.17, 15) is 0 Å². The van der Waals surface area contributed by atoms with Gasteiger partial charge in [-0.15, -0.1) is 0 Å². The standard InChI is InChI=1S/C9H14/c1-7(2)9-5-4-8(3)6-9/h3-6H2,1-2H3. The largest absolute Gasteiger partial charge is 0.0995 e. The fourth-order valence-electron chi connectivity index (χ4n) is 1.23. The van der Waals surface area contributed by atoms with Crippen LogP contribution in [0.1, 0.15) is 33.1 Å². The molecule has 0 aliphatic heterocycles. The van der Waals surface area contributed by atoms with Crippen molar-refractivity contribution < 1.29 is 0 Å². The molecule has 1 saturated carbocycles. The smallest absolute Gasteiger partial charge is 0.0108 e. The molecule has 0 nitrogen and oxygen atoms in total. The van der Waals surface area contributed by atoms with Crippen LogP contribution in [0.2, 0.25) is 0 Å². The number of allylic oxidation sites excluding steroid dienone is 3. The molecule has 9 heavy (non-hydrogen) atoms. The van der Waals surface area contributed by atoms with Crippen LogP contribution in [0.5, 0.6) is 0 Å². The minimum atomic E-state index is 1.17. The molecule has 0 spiro atoms. The van der Waals surface area contributed by atoms with Gasteiger partial charge >= 0.3 is 0 Å². The van der Waals surface area contributed by atoms with Crippen LogP contribution in [0.3, 0.4) is 0 Å². The first-order valence-electron chi connectivity index (χ1n) is 3.52. The maximum Gasteiger partial charge on any atom is -0.0108 e. The molecule has 0 heteroatoms. The molecule has 0 aromatic carbocycles. The highest BCUT2D eigenvalue weighted by molar-refractivity contribution is 5.24. The molecular formula is C9H14. The zero-order valence-electron chi connectivity index (χ0n) is 6.33. The van der Waals surface area contributed by atoms with Crippen molar-refractivity contribution in [3.8, 4) is 0 Å². The summed E-state index contributed by atoms with van der Waals surface area (Å²) in [4.78, 5) is 0. The second-order valence-electron chi connectivity index (χ2n) is 3.03. The molecular weight excluding hydrogens is 108 g/mol. The highest BCUT2D eigenvalue weighted by Crippen LogP contribution is 2.29. The predicted molar refractivity (Wildman–Crippen MR) is 41.4 cm³/mol. The lowest BCUT2D eigenvalue weighted by atomic mass is 10.1. The van der Waals surface area contributed by atoms with Crippen LogP contribution >= 0.6 is 0 Å². The minimum Gasteiger partial charge on any atom is -0.0995 e. The van der Waals surface area contributed by atoms with E-state index in [0.717, 1.165) is 0 Å². The van der Waals surface area contributed by atoms with E-state index >= 15 is 0 Å². The van der Waals surface area contributed by atoms with Gasteiger partial charge in [0.25, 0.3) is 0 Å². The molecule has 1 aliphatic rings. The summed E-state index contributed by atoms with van der Waals surface area (Å²) in [6, 6.07) is 0. The Labute approximate surface area is 57.3 Å². The van der Waals surface area contributed by atoms with E-state index in [0.29, 0.717) is 0 Å². The van der Waals surface area contributed by atoms with Gasteiger partial charge in [-0.25, -0.2) is 0 Å². The third-order valence-electron chi connectivity index (χ3n) is 1.95. The summed E-state index contributed by atoms with van der Waals surface area (Å²) in [7, 11) is 0. The van der Waals surface area contributed by atoms with E-state index in [1.807, 2.05) is 0 Å². The summed E-state index contributed by atoms with van der Waals surface area (Å²) >= 11 is 0. The quantitative estimate of drug-likeness (QED) is 0.433. The van der Waals surface area contributed by atoms with Crippen LogP contribution in [0.25, 0.3) is 0 Å². The van der Waals surface area contributed by atoms with Gasteiger partial charge in [0.05, 0.1) is 0 Å². The van der Waals surface area contributed by atoms with Crippen molar-refractivity contribution in [2.45, 2.75) is 33.1 Å². The topological polar surface area (TPSA) is 0 Å². The average Bonchev–Trinajstić information content (AvgIpc) is 2.14. The molecule has 50 valence electrons. The monoisotopic (exact) mass is 122 g/mol. The predicted octanol–water partition coefficient (Wildman–Crippen LogP) is 3.06. The number of hydrogen-bond donors (Lipinski definition) is 0. The van der Waals surface area contributed by atoms with Gasteiger partial charge in [-0.2, -0.15) is 0 Å². The normalized spacial score (nSPS) is 18.9. The Morgan fingerprint density at radius 2 is 2.00 bits per heavy atom. The van der Waals surface area contributed by atoms with Crippen LogP contribution in [-0.4, -0.2) is 0 Å². The van der Waals surface area contributed by atoms with Crippen molar-refractivity contribution >= 4 is 0 Å². The molecule has 0 aromatic heterocycles. The Balaban J connectivity index is 2.69. The van der Waals surface area contributed by atoms with Crippen molar-refractivity contribution in [3.05, 3.63) is 23.3 Å². The average molecular weight is 122 g/mol. The molecule has 1 rings (SSSR count). The third-order valence-corrected chi connectivity index (χ3v) is 1.95. The summed E-state index contributed by atoms with van der Waals surface area (Å²) in [5.41, 5.74) is 4.51. The first-order chi connectivity index (χ1) is 4.20. The van der Waals surface area contributed by atoms with E-state index in [2.05, 4.69) is 20.4 Å². The van der Waals surface area contributed by atoms with Crippen LogP contribution in [0.15, 0.2) is 23.3 Å². The van der Waals surface area contributed by atoms with Gasteiger partial charge in [0.1, 0.15) is 0 Å². The van der Waals surface area contributed by atoms with Crippen molar-refractivity contribution in [2.24, 2.45) is 0 Å². The molecule has 0 atom stereocenters. The first kappa shape index (κ1) is 6.60. The SMILES string of the molecule is C=C1CCC(=C(C)C)C1. The Morgan fingerprint density at radius 1 is 1.33 bits per heavy atom. The first-order valence-corrected chi connectivity index (χ1v) is 3.52. The van der Waals surface area contributed by atoms with Gasteiger partial charge < -0.3 is 0 Å². The molecule has 0 amide bonds. The minimum absolute atomic E-state index is 1.17. The van der Waals surface area contributed by atoms with Crippen molar-refractivity contribution in [2.75, 3.05) is 0 Å². The Bertz CT molecular complexity index is 157.